The molecule has 0 unspecified atom stereocenters. The molecule has 0 aliphatic rings. The summed E-state index contributed by atoms with van der Waals surface area (Å²) in [6, 6.07) is 10.9. The van der Waals surface area contributed by atoms with E-state index in [0.29, 0.717) is 11.4 Å². The number of non-ortho nitro benzene ring substituents is 1. The maximum Gasteiger partial charge on any atom is 0.272 e. The number of H-pyrrole nitrogens is 1. The number of nitrogens with zero attached hydrogens (tertiary/aromatic N) is 1. The van der Waals surface area contributed by atoms with Gasteiger partial charge in [-0.25, -0.2) is 0 Å². The van der Waals surface area contributed by atoms with Gasteiger partial charge in [-0.1, -0.05) is 11.6 Å². The fourth-order valence-corrected chi connectivity index (χ4v) is 2.44. The van der Waals surface area contributed by atoms with Crippen LogP contribution >= 0.6 is 11.6 Å². The van der Waals surface area contributed by atoms with Crippen LogP contribution in [0.4, 0.5) is 11.4 Å². The second kappa shape index (κ2) is 6.21. The minimum atomic E-state index is -0.554. The zero-order chi connectivity index (χ0) is 17.3. The minimum absolute atomic E-state index is 0.156. The average Bonchev–Trinajstić information content (AvgIpc) is 2.99. The number of fused-ring (bicyclic) bond motifs is 1. The first-order valence-corrected chi connectivity index (χ1v) is 7.28. The molecule has 0 saturated heterocycles. The largest absolute Gasteiger partial charge is 0.497 e. The fraction of sp³-hybridized carbons (Fsp3) is 0.0625. The summed E-state index contributed by atoms with van der Waals surface area (Å²) >= 11 is 5.99. The van der Waals surface area contributed by atoms with Crippen molar-refractivity contribution in [3.05, 3.63) is 63.3 Å². The molecule has 2 N–H and O–H groups in total. The van der Waals surface area contributed by atoms with Gasteiger partial charge in [0, 0.05) is 23.0 Å². The third kappa shape index (κ3) is 3.02. The molecule has 0 aliphatic carbocycles. The van der Waals surface area contributed by atoms with E-state index < -0.39 is 10.8 Å². The molecule has 0 bridgehead atoms. The molecule has 0 spiro atoms. The number of carbonyl (C=O) groups is 1. The minimum Gasteiger partial charge on any atom is -0.497 e. The third-order valence-electron chi connectivity index (χ3n) is 3.48. The smallest absolute Gasteiger partial charge is 0.272 e. The van der Waals surface area contributed by atoms with E-state index in [1.807, 2.05) is 0 Å². The lowest BCUT2D eigenvalue weighted by Gasteiger charge is -2.05. The molecule has 24 heavy (non-hydrogen) atoms. The third-order valence-corrected chi connectivity index (χ3v) is 3.81. The van der Waals surface area contributed by atoms with Gasteiger partial charge in [-0.05, 0) is 30.3 Å². The van der Waals surface area contributed by atoms with Crippen molar-refractivity contribution in [1.82, 2.24) is 4.98 Å². The molecule has 122 valence electrons. The van der Waals surface area contributed by atoms with Crippen LogP contribution in [0.25, 0.3) is 10.9 Å². The SMILES string of the molecule is COc1ccc2[nH]c(C(=O)Nc3cc([N+](=O)[O-])ccc3Cl)cc2c1. The number of anilines is 1. The van der Waals surface area contributed by atoms with E-state index >= 15 is 0 Å². The van der Waals surface area contributed by atoms with E-state index in [1.165, 1.54) is 18.2 Å². The maximum absolute atomic E-state index is 12.4. The zero-order valence-electron chi connectivity index (χ0n) is 12.5. The molecule has 0 saturated carbocycles. The van der Waals surface area contributed by atoms with Gasteiger partial charge >= 0.3 is 0 Å². The van der Waals surface area contributed by atoms with Crippen LogP contribution in [0.1, 0.15) is 10.5 Å². The number of aromatic nitrogens is 1. The lowest BCUT2D eigenvalue weighted by atomic mass is 10.2. The average molecular weight is 346 g/mol. The van der Waals surface area contributed by atoms with Crippen molar-refractivity contribution in [2.45, 2.75) is 0 Å². The number of methoxy groups -OCH3 is 1. The number of benzene rings is 2. The van der Waals surface area contributed by atoms with E-state index in [0.717, 1.165) is 10.9 Å². The Morgan fingerprint density at radius 3 is 2.75 bits per heavy atom. The van der Waals surface area contributed by atoms with Crippen LogP contribution in [0.3, 0.4) is 0 Å². The number of hydrogen-bond donors (Lipinski definition) is 2. The molecular formula is C16H12ClN3O4. The molecule has 3 aromatic rings. The summed E-state index contributed by atoms with van der Waals surface area (Å²) in [7, 11) is 1.56. The number of amides is 1. The van der Waals surface area contributed by atoms with Gasteiger partial charge in [-0.3, -0.25) is 14.9 Å². The topological polar surface area (TPSA) is 97.3 Å². The van der Waals surface area contributed by atoms with E-state index in [1.54, 1.807) is 31.4 Å². The first-order valence-electron chi connectivity index (χ1n) is 6.90. The molecule has 0 radical (unpaired) electrons. The monoisotopic (exact) mass is 345 g/mol. The van der Waals surface area contributed by atoms with Gasteiger partial charge in [0.2, 0.25) is 0 Å². The van der Waals surface area contributed by atoms with Gasteiger partial charge in [0.15, 0.2) is 0 Å². The summed E-state index contributed by atoms with van der Waals surface area (Å²) in [4.78, 5) is 25.6. The van der Waals surface area contributed by atoms with Gasteiger partial charge in [-0.2, -0.15) is 0 Å². The number of nitrogens with one attached hydrogen (secondary N) is 2. The Labute approximate surface area is 141 Å². The molecule has 1 heterocycles. The lowest BCUT2D eigenvalue weighted by Crippen LogP contribution is -2.12. The van der Waals surface area contributed by atoms with Crippen LogP contribution in [0.5, 0.6) is 5.75 Å². The van der Waals surface area contributed by atoms with Gasteiger partial charge in [0.05, 0.1) is 22.7 Å². The molecule has 8 heteroatoms. The standard InChI is InChI=1S/C16H12ClN3O4/c1-24-11-3-5-13-9(6-11)7-15(18-13)16(21)19-14-8-10(20(22)23)2-4-12(14)17/h2-8,18H,1H3,(H,19,21). The van der Waals surface area contributed by atoms with Crippen molar-refractivity contribution >= 4 is 39.8 Å². The van der Waals surface area contributed by atoms with E-state index in [-0.39, 0.29) is 16.4 Å². The van der Waals surface area contributed by atoms with E-state index in [2.05, 4.69) is 10.3 Å². The van der Waals surface area contributed by atoms with Crippen LogP contribution in [0, 0.1) is 10.1 Å². The Hall–Kier alpha value is -3.06. The van der Waals surface area contributed by atoms with Gasteiger partial charge in [0.25, 0.3) is 11.6 Å². The maximum atomic E-state index is 12.4. The number of halogens is 1. The highest BCUT2D eigenvalue weighted by atomic mass is 35.5. The Balaban J connectivity index is 1.90. The molecule has 0 fully saturated rings. The van der Waals surface area contributed by atoms with Gasteiger partial charge in [-0.15, -0.1) is 0 Å². The van der Waals surface area contributed by atoms with E-state index in [4.69, 9.17) is 16.3 Å². The first-order chi connectivity index (χ1) is 11.5. The molecule has 0 aliphatic heterocycles. The van der Waals surface area contributed by atoms with Crippen molar-refractivity contribution in [2.75, 3.05) is 12.4 Å². The highest BCUT2D eigenvalue weighted by molar-refractivity contribution is 6.34. The second-order valence-corrected chi connectivity index (χ2v) is 5.42. The number of nitro groups is 1. The Bertz CT molecular complexity index is 952. The Kier molecular flexibility index (Phi) is 4.09. The van der Waals surface area contributed by atoms with Crippen molar-refractivity contribution in [1.29, 1.82) is 0 Å². The fourth-order valence-electron chi connectivity index (χ4n) is 2.27. The summed E-state index contributed by atoms with van der Waals surface area (Å²) < 4.78 is 5.14. The molecular weight excluding hydrogens is 334 g/mol. The summed E-state index contributed by atoms with van der Waals surface area (Å²) in [6.45, 7) is 0. The summed E-state index contributed by atoms with van der Waals surface area (Å²) in [5.74, 6) is 0.225. The Morgan fingerprint density at radius 1 is 1.25 bits per heavy atom. The van der Waals surface area contributed by atoms with E-state index in [9.17, 15) is 14.9 Å². The van der Waals surface area contributed by atoms with Crippen LogP contribution < -0.4 is 10.1 Å². The summed E-state index contributed by atoms with van der Waals surface area (Å²) in [5.41, 5.74) is 1.09. The molecule has 7 nitrogen and oxygen atoms in total. The van der Waals surface area contributed by atoms with Crippen LogP contribution in [0.15, 0.2) is 42.5 Å². The number of rotatable bonds is 4. The molecule has 1 amide bonds. The Morgan fingerprint density at radius 2 is 2.04 bits per heavy atom. The number of aromatic amines is 1. The van der Waals surface area contributed by atoms with Gasteiger partial charge in [0.1, 0.15) is 11.4 Å². The predicted molar refractivity (Wildman–Crippen MR) is 90.9 cm³/mol. The highest BCUT2D eigenvalue weighted by Crippen LogP contribution is 2.28. The number of nitro benzene ring substituents is 1. The van der Waals surface area contributed by atoms with Crippen LogP contribution in [0.2, 0.25) is 5.02 Å². The molecule has 1 aromatic heterocycles. The van der Waals surface area contributed by atoms with Gasteiger partial charge < -0.3 is 15.0 Å². The van der Waals surface area contributed by atoms with Crippen molar-refractivity contribution in [2.24, 2.45) is 0 Å². The van der Waals surface area contributed by atoms with Crippen molar-refractivity contribution in [3.63, 3.8) is 0 Å². The summed E-state index contributed by atoms with van der Waals surface area (Å²) in [6.07, 6.45) is 0. The molecule has 3 rings (SSSR count). The quantitative estimate of drug-likeness (QED) is 0.551. The zero-order valence-corrected chi connectivity index (χ0v) is 13.3. The predicted octanol–water partition coefficient (Wildman–Crippen LogP) is 3.99. The summed E-state index contributed by atoms with van der Waals surface area (Å²) in [5, 5.41) is 14.4. The highest BCUT2D eigenvalue weighted by Gasteiger charge is 2.15. The molecule has 0 atom stereocenters. The molecule has 2 aromatic carbocycles. The number of ether oxygens (including phenoxy) is 1. The second-order valence-electron chi connectivity index (χ2n) is 5.01. The first kappa shape index (κ1) is 15.8. The normalized spacial score (nSPS) is 10.6. The van der Waals surface area contributed by atoms with Crippen LogP contribution in [-0.2, 0) is 0 Å². The lowest BCUT2D eigenvalue weighted by molar-refractivity contribution is -0.384. The van der Waals surface area contributed by atoms with Crippen molar-refractivity contribution < 1.29 is 14.5 Å². The van der Waals surface area contributed by atoms with Crippen molar-refractivity contribution in [3.8, 4) is 5.75 Å². The number of hydrogen-bond acceptors (Lipinski definition) is 4. The van der Waals surface area contributed by atoms with Crippen LogP contribution in [-0.4, -0.2) is 22.9 Å². The number of carbonyl (C=O) groups excluding carboxylic acids is 1.